The Hall–Kier alpha value is -0.610. The number of amides is 1. The van der Waals surface area contributed by atoms with Crippen LogP contribution < -0.4 is 11.1 Å². The van der Waals surface area contributed by atoms with Crippen molar-refractivity contribution < 1.29 is 4.79 Å². The number of hydrogen-bond acceptors (Lipinski definition) is 3. The van der Waals surface area contributed by atoms with E-state index in [0.717, 1.165) is 38.8 Å². The Kier molecular flexibility index (Phi) is 5.22. The van der Waals surface area contributed by atoms with Crippen LogP contribution in [0.25, 0.3) is 0 Å². The van der Waals surface area contributed by atoms with E-state index in [4.69, 9.17) is 5.73 Å². The Morgan fingerprint density at radius 1 is 1.32 bits per heavy atom. The van der Waals surface area contributed by atoms with Gasteiger partial charge in [-0.15, -0.1) is 0 Å². The molecule has 1 saturated carbocycles. The number of carbonyl (C=O) groups excluding carboxylic acids is 1. The average molecular weight is 267 g/mol. The van der Waals surface area contributed by atoms with Gasteiger partial charge in [0.25, 0.3) is 0 Å². The molecular weight excluding hydrogens is 238 g/mol. The lowest BCUT2D eigenvalue weighted by atomic mass is 9.77. The third kappa shape index (κ3) is 3.69. The molecule has 19 heavy (non-hydrogen) atoms. The SMILES string of the molecule is CCN1CCCC(NC(=O)C2CCCC(C)C2N)C1. The van der Waals surface area contributed by atoms with Crippen molar-refractivity contribution in [2.75, 3.05) is 19.6 Å². The maximum absolute atomic E-state index is 12.4. The average Bonchev–Trinajstić information content (AvgIpc) is 2.42. The molecule has 1 amide bonds. The van der Waals surface area contributed by atoms with Crippen LogP contribution in [0.4, 0.5) is 0 Å². The monoisotopic (exact) mass is 267 g/mol. The molecule has 1 aliphatic carbocycles. The van der Waals surface area contributed by atoms with Crippen LogP contribution in [-0.4, -0.2) is 42.5 Å². The Labute approximate surface area is 117 Å². The van der Waals surface area contributed by atoms with Crippen molar-refractivity contribution in [1.82, 2.24) is 10.2 Å². The molecule has 1 saturated heterocycles. The van der Waals surface area contributed by atoms with Crippen LogP contribution in [0.3, 0.4) is 0 Å². The van der Waals surface area contributed by atoms with Crippen LogP contribution in [0, 0.1) is 11.8 Å². The Bertz CT molecular complexity index is 308. The molecule has 1 heterocycles. The Morgan fingerprint density at radius 2 is 2.11 bits per heavy atom. The van der Waals surface area contributed by atoms with Gasteiger partial charge in [-0.05, 0) is 44.7 Å². The van der Waals surface area contributed by atoms with Gasteiger partial charge in [0.2, 0.25) is 5.91 Å². The number of nitrogens with one attached hydrogen (secondary N) is 1. The fourth-order valence-corrected chi connectivity index (χ4v) is 3.52. The molecular formula is C15H29N3O. The fraction of sp³-hybridized carbons (Fsp3) is 0.933. The minimum Gasteiger partial charge on any atom is -0.352 e. The largest absolute Gasteiger partial charge is 0.352 e. The zero-order valence-corrected chi connectivity index (χ0v) is 12.4. The summed E-state index contributed by atoms with van der Waals surface area (Å²) >= 11 is 0. The summed E-state index contributed by atoms with van der Waals surface area (Å²) in [6.07, 6.45) is 5.56. The van der Waals surface area contributed by atoms with Crippen LogP contribution in [0.15, 0.2) is 0 Å². The fourth-order valence-electron chi connectivity index (χ4n) is 3.52. The summed E-state index contributed by atoms with van der Waals surface area (Å²) in [5, 5.41) is 3.24. The smallest absolute Gasteiger partial charge is 0.224 e. The van der Waals surface area contributed by atoms with Crippen LogP contribution in [0.2, 0.25) is 0 Å². The summed E-state index contributed by atoms with van der Waals surface area (Å²) < 4.78 is 0. The summed E-state index contributed by atoms with van der Waals surface area (Å²) in [6, 6.07) is 0.366. The first-order chi connectivity index (χ1) is 9.11. The van der Waals surface area contributed by atoms with Crippen molar-refractivity contribution in [2.24, 2.45) is 17.6 Å². The van der Waals surface area contributed by atoms with E-state index in [2.05, 4.69) is 24.1 Å². The molecule has 1 aliphatic heterocycles. The van der Waals surface area contributed by atoms with Crippen LogP contribution >= 0.6 is 0 Å². The summed E-state index contributed by atoms with van der Waals surface area (Å²) in [6.45, 7) is 7.60. The van der Waals surface area contributed by atoms with Crippen molar-refractivity contribution in [3.8, 4) is 0 Å². The van der Waals surface area contributed by atoms with Gasteiger partial charge < -0.3 is 16.0 Å². The van der Waals surface area contributed by atoms with E-state index in [1.54, 1.807) is 0 Å². The van der Waals surface area contributed by atoms with Crippen LogP contribution in [-0.2, 0) is 4.79 Å². The van der Waals surface area contributed by atoms with Crippen molar-refractivity contribution in [2.45, 2.75) is 58.0 Å². The van der Waals surface area contributed by atoms with E-state index in [1.165, 1.54) is 13.0 Å². The molecule has 2 rings (SSSR count). The third-order valence-corrected chi connectivity index (χ3v) is 4.93. The van der Waals surface area contributed by atoms with Gasteiger partial charge in [-0.25, -0.2) is 0 Å². The minimum absolute atomic E-state index is 0.0285. The normalized spacial score (nSPS) is 37.0. The molecule has 0 spiro atoms. The standard InChI is InChI=1S/C15H29N3O/c1-3-18-9-5-7-12(10-18)17-15(19)13-8-4-6-11(2)14(13)16/h11-14H,3-10,16H2,1-2H3,(H,17,19). The van der Waals surface area contributed by atoms with Crippen LogP contribution in [0.1, 0.15) is 46.0 Å². The lowest BCUT2D eigenvalue weighted by Crippen LogP contribution is -2.53. The number of likely N-dealkylation sites (tertiary alicyclic amines) is 1. The van der Waals surface area contributed by atoms with Gasteiger partial charge >= 0.3 is 0 Å². The van der Waals surface area contributed by atoms with Crippen molar-refractivity contribution in [1.29, 1.82) is 0 Å². The second-order valence-electron chi connectivity index (χ2n) is 6.33. The molecule has 3 N–H and O–H groups in total. The van der Waals surface area contributed by atoms with Gasteiger partial charge in [0.05, 0.1) is 5.92 Å². The zero-order chi connectivity index (χ0) is 13.8. The van der Waals surface area contributed by atoms with E-state index < -0.39 is 0 Å². The van der Waals surface area contributed by atoms with Gasteiger partial charge in [0.1, 0.15) is 0 Å². The van der Waals surface area contributed by atoms with Crippen molar-refractivity contribution in [3.63, 3.8) is 0 Å². The maximum atomic E-state index is 12.4. The number of nitrogens with zero attached hydrogens (tertiary/aromatic N) is 1. The lowest BCUT2D eigenvalue weighted by molar-refractivity contribution is -0.128. The van der Waals surface area contributed by atoms with Gasteiger partial charge in [-0.1, -0.05) is 20.3 Å². The molecule has 4 heteroatoms. The molecule has 0 radical (unpaired) electrons. The Balaban J connectivity index is 1.86. The number of carbonyl (C=O) groups is 1. The molecule has 0 aromatic heterocycles. The first-order valence-corrected chi connectivity index (χ1v) is 7.90. The molecule has 4 atom stereocenters. The van der Waals surface area contributed by atoms with E-state index in [9.17, 15) is 4.79 Å². The second-order valence-corrected chi connectivity index (χ2v) is 6.33. The number of nitrogens with two attached hydrogens (primary N) is 1. The first kappa shape index (κ1) is 14.8. The van der Waals surface area contributed by atoms with Crippen molar-refractivity contribution >= 4 is 5.91 Å². The summed E-state index contributed by atoms with van der Waals surface area (Å²) in [7, 11) is 0. The zero-order valence-electron chi connectivity index (χ0n) is 12.4. The number of piperidine rings is 1. The van der Waals surface area contributed by atoms with E-state index in [1.807, 2.05) is 0 Å². The predicted octanol–water partition coefficient (Wildman–Crippen LogP) is 1.35. The van der Waals surface area contributed by atoms with E-state index in [0.29, 0.717) is 12.0 Å². The molecule has 0 aromatic rings. The highest BCUT2D eigenvalue weighted by atomic mass is 16.2. The summed E-state index contributed by atoms with van der Waals surface area (Å²) in [5.74, 6) is 0.700. The second kappa shape index (κ2) is 6.71. The quantitative estimate of drug-likeness (QED) is 0.811. The molecule has 2 aliphatic rings. The highest BCUT2D eigenvalue weighted by molar-refractivity contribution is 5.79. The molecule has 0 bridgehead atoms. The minimum atomic E-state index is 0.0285. The highest BCUT2D eigenvalue weighted by Gasteiger charge is 2.34. The maximum Gasteiger partial charge on any atom is 0.224 e. The lowest BCUT2D eigenvalue weighted by Gasteiger charge is -2.36. The molecule has 4 unspecified atom stereocenters. The van der Waals surface area contributed by atoms with Gasteiger partial charge in [-0.2, -0.15) is 0 Å². The van der Waals surface area contributed by atoms with Gasteiger partial charge in [0.15, 0.2) is 0 Å². The molecule has 110 valence electrons. The third-order valence-electron chi connectivity index (χ3n) is 4.93. The van der Waals surface area contributed by atoms with Crippen LogP contribution in [0.5, 0.6) is 0 Å². The molecule has 4 nitrogen and oxygen atoms in total. The number of rotatable bonds is 3. The van der Waals surface area contributed by atoms with E-state index in [-0.39, 0.29) is 17.9 Å². The van der Waals surface area contributed by atoms with E-state index >= 15 is 0 Å². The first-order valence-electron chi connectivity index (χ1n) is 7.90. The van der Waals surface area contributed by atoms with Crippen molar-refractivity contribution in [3.05, 3.63) is 0 Å². The van der Waals surface area contributed by atoms with Gasteiger partial charge in [0, 0.05) is 18.6 Å². The number of hydrogen-bond donors (Lipinski definition) is 2. The highest BCUT2D eigenvalue weighted by Crippen LogP contribution is 2.28. The Morgan fingerprint density at radius 3 is 2.84 bits per heavy atom. The molecule has 2 fully saturated rings. The predicted molar refractivity (Wildman–Crippen MR) is 77.8 cm³/mol. The summed E-state index contributed by atoms with van der Waals surface area (Å²) in [4.78, 5) is 14.8. The van der Waals surface area contributed by atoms with Gasteiger partial charge in [-0.3, -0.25) is 4.79 Å². The molecule has 0 aromatic carbocycles. The number of likely N-dealkylation sites (N-methyl/N-ethyl adjacent to an activating group) is 1. The topological polar surface area (TPSA) is 58.4 Å². The summed E-state index contributed by atoms with van der Waals surface area (Å²) in [5.41, 5.74) is 6.21.